The number of hydrogen-bond acceptors (Lipinski definition) is 3. The molecule has 0 atom stereocenters. The first-order chi connectivity index (χ1) is 6.82. The van der Waals surface area contributed by atoms with Gasteiger partial charge in [0.1, 0.15) is 0 Å². The topological polar surface area (TPSA) is 18.5 Å². The van der Waals surface area contributed by atoms with Gasteiger partial charge in [0.25, 0.3) is 0 Å². The van der Waals surface area contributed by atoms with Gasteiger partial charge in [0.05, 0.1) is 12.6 Å². The Kier molecular flexibility index (Phi) is 1.97. The molecule has 1 saturated heterocycles. The van der Waals surface area contributed by atoms with Crippen LogP contribution in [0.15, 0.2) is 17.5 Å². The van der Waals surface area contributed by atoms with Crippen LogP contribution in [0.2, 0.25) is 0 Å². The largest absolute Gasteiger partial charge is 0.505 e. The second-order valence-electron chi connectivity index (χ2n) is 4.54. The first-order valence-corrected chi connectivity index (χ1v) is 5.55. The minimum absolute atomic E-state index is 0.302. The molecule has 0 aliphatic carbocycles. The van der Waals surface area contributed by atoms with Gasteiger partial charge in [0.15, 0.2) is 0 Å². The van der Waals surface area contributed by atoms with E-state index in [1.54, 1.807) is 6.07 Å². The molecule has 1 aromatic heterocycles. The highest BCUT2D eigenvalue weighted by Crippen LogP contribution is 2.36. The fourth-order valence-corrected chi connectivity index (χ4v) is 1.94. The molecule has 1 aliphatic heterocycles. The summed E-state index contributed by atoms with van der Waals surface area (Å²) in [5, 5.41) is 0.541. The molecule has 14 heavy (non-hydrogen) atoms. The SMILES string of the molecule is [2H]c1ccc(B2OC(C)(C)C(C)(C)O2)s1. The normalized spacial score (nSPS) is 25.1. The van der Waals surface area contributed by atoms with E-state index in [1.807, 2.05) is 33.8 Å². The quantitative estimate of drug-likeness (QED) is 0.662. The van der Waals surface area contributed by atoms with Gasteiger partial charge < -0.3 is 9.31 Å². The summed E-state index contributed by atoms with van der Waals surface area (Å²) in [5.74, 6) is 0. The zero-order valence-corrected chi connectivity index (χ0v) is 9.77. The maximum atomic E-state index is 7.48. The number of hydrogen-bond donors (Lipinski definition) is 0. The van der Waals surface area contributed by atoms with Crippen molar-refractivity contribution in [2.45, 2.75) is 38.9 Å². The molecule has 0 radical (unpaired) electrons. The van der Waals surface area contributed by atoms with Crippen molar-refractivity contribution in [1.29, 1.82) is 0 Å². The van der Waals surface area contributed by atoms with Gasteiger partial charge in [0, 0.05) is 4.78 Å². The molecule has 2 nitrogen and oxygen atoms in total. The Morgan fingerprint density at radius 3 is 2.29 bits per heavy atom. The molecular formula is C10H15BO2S. The van der Waals surface area contributed by atoms with Gasteiger partial charge in [-0.25, -0.2) is 0 Å². The van der Waals surface area contributed by atoms with Crippen LogP contribution < -0.4 is 4.78 Å². The van der Waals surface area contributed by atoms with E-state index in [0.29, 0.717) is 5.36 Å². The predicted molar refractivity (Wildman–Crippen MR) is 60.0 cm³/mol. The molecule has 2 heterocycles. The molecule has 0 bridgehead atoms. The Labute approximate surface area is 90.8 Å². The van der Waals surface area contributed by atoms with Crippen molar-refractivity contribution < 1.29 is 10.7 Å². The summed E-state index contributed by atoms with van der Waals surface area (Å²) in [6, 6.07) is 3.67. The van der Waals surface area contributed by atoms with Crippen molar-refractivity contribution in [2.24, 2.45) is 0 Å². The Morgan fingerprint density at radius 2 is 1.86 bits per heavy atom. The standard InChI is InChI=1S/C10H15BO2S/c1-9(2)10(3,4)13-11(12-9)8-6-5-7-14-8/h5-7H,1-4H3/i7D. The minimum Gasteiger partial charge on any atom is -0.399 e. The Bertz CT molecular complexity index is 359. The zero-order chi connectivity index (χ0) is 11.3. The fraction of sp³-hybridized carbons (Fsp3) is 0.600. The van der Waals surface area contributed by atoms with Crippen molar-refractivity contribution in [3.8, 4) is 0 Å². The molecular weight excluding hydrogens is 195 g/mol. The first kappa shape index (κ1) is 8.95. The van der Waals surface area contributed by atoms with E-state index in [0.717, 1.165) is 4.78 Å². The molecule has 0 N–H and O–H groups in total. The zero-order valence-electron chi connectivity index (χ0n) is 9.96. The van der Waals surface area contributed by atoms with Crippen molar-refractivity contribution in [2.75, 3.05) is 0 Å². The van der Waals surface area contributed by atoms with Crippen LogP contribution in [-0.4, -0.2) is 18.3 Å². The molecule has 0 saturated carbocycles. The van der Waals surface area contributed by atoms with Crippen LogP contribution in [0.5, 0.6) is 0 Å². The molecule has 1 aromatic rings. The maximum absolute atomic E-state index is 7.48. The lowest BCUT2D eigenvalue weighted by atomic mass is 9.88. The third kappa shape index (κ3) is 1.51. The van der Waals surface area contributed by atoms with Gasteiger partial charge in [-0.05, 0) is 33.1 Å². The summed E-state index contributed by atoms with van der Waals surface area (Å²) < 4.78 is 20.2. The van der Waals surface area contributed by atoms with Crippen LogP contribution in [0.25, 0.3) is 0 Å². The van der Waals surface area contributed by atoms with Crippen molar-refractivity contribution in [3.63, 3.8) is 0 Å². The monoisotopic (exact) mass is 211 g/mol. The molecule has 1 fully saturated rings. The fourth-order valence-electron chi connectivity index (χ4n) is 1.34. The van der Waals surface area contributed by atoms with Gasteiger partial charge in [-0.15, -0.1) is 0 Å². The molecule has 0 spiro atoms. The van der Waals surface area contributed by atoms with Crippen molar-refractivity contribution in [1.82, 2.24) is 0 Å². The van der Waals surface area contributed by atoms with E-state index in [2.05, 4.69) is 0 Å². The van der Waals surface area contributed by atoms with E-state index in [-0.39, 0.29) is 18.3 Å². The number of thiophene rings is 1. The van der Waals surface area contributed by atoms with Gasteiger partial charge in [-0.2, -0.15) is 11.3 Å². The van der Waals surface area contributed by atoms with Crippen molar-refractivity contribution >= 4 is 23.2 Å². The summed E-state index contributed by atoms with van der Waals surface area (Å²) in [6.45, 7) is 8.12. The lowest BCUT2D eigenvalue weighted by molar-refractivity contribution is 0.00578. The maximum Gasteiger partial charge on any atom is 0.505 e. The highest BCUT2D eigenvalue weighted by molar-refractivity contribution is 7.20. The van der Waals surface area contributed by atoms with E-state index in [4.69, 9.17) is 10.7 Å². The first-order valence-electron chi connectivity index (χ1n) is 5.24. The lowest BCUT2D eigenvalue weighted by Gasteiger charge is -2.32. The summed E-state index contributed by atoms with van der Waals surface area (Å²) in [7, 11) is -0.320. The summed E-state index contributed by atoms with van der Waals surface area (Å²) in [6.07, 6.45) is 0. The van der Waals surface area contributed by atoms with Gasteiger partial charge in [0.2, 0.25) is 0 Å². The Balaban J connectivity index is 2.23. The smallest absolute Gasteiger partial charge is 0.399 e. The van der Waals surface area contributed by atoms with Gasteiger partial charge in [-0.3, -0.25) is 0 Å². The Hall–Kier alpha value is -0.315. The summed E-state index contributed by atoms with van der Waals surface area (Å²) >= 11 is 1.40. The van der Waals surface area contributed by atoms with Gasteiger partial charge in [-0.1, -0.05) is 12.1 Å². The second kappa shape index (κ2) is 3.09. The molecule has 2 rings (SSSR count). The van der Waals surface area contributed by atoms with Gasteiger partial charge >= 0.3 is 7.12 Å². The average molecular weight is 211 g/mol. The third-order valence-corrected chi connectivity index (χ3v) is 3.80. The van der Waals surface area contributed by atoms with E-state index >= 15 is 0 Å². The highest BCUT2D eigenvalue weighted by Gasteiger charge is 2.52. The molecule has 0 unspecified atom stereocenters. The van der Waals surface area contributed by atoms with Crippen LogP contribution in [0, 0.1) is 0 Å². The second-order valence-corrected chi connectivity index (χ2v) is 5.46. The molecule has 1 aliphatic rings. The van der Waals surface area contributed by atoms with E-state index in [1.165, 1.54) is 11.3 Å². The Morgan fingerprint density at radius 1 is 1.29 bits per heavy atom. The number of rotatable bonds is 1. The van der Waals surface area contributed by atoms with E-state index in [9.17, 15) is 0 Å². The molecule has 4 heteroatoms. The average Bonchev–Trinajstić information content (AvgIpc) is 2.56. The van der Waals surface area contributed by atoms with Crippen LogP contribution in [0.4, 0.5) is 0 Å². The predicted octanol–water partition coefficient (Wildman–Crippen LogP) is 2.05. The van der Waals surface area contributed by atoms with Crippen LogP contribution in [0.3, 0.4) is 0 Å². The summed E-state index contributed by atoms with van der Waals surface area (Å²) in [4.78, 5) is 0. The lowest BCUT2D eigenvalue weighted by Crippen LogP contribution is -2.41. The van der Waals surface area contributed by atoms with Crippen LogP contribution >= 0.6 is 11.3 Å². The van der Waals surface area contributed by atoms with Crippen molar-refractivity contribution in [3.05, 3.63) is 17.5 Å². The highest BCUT2D eigenvalue weighted by atomic mass is 32.1. The van der Waals surface area contributed by atoms with E-state index < -0.39 is 0 Å². The van der Waals surface area contributed by atoms with Crippen LogP contribution in [0.1, 0.15) is 29.1 Å². The molecule has 0 amide bonds. The minimum atomic E-state index is -0.320. The third-order valence-electron chi connectivity index (χ3n) is 2.98. The molecule has 76 valence electrons. The van der Waals surface area contributed by atoms with Crippen LogP contribution in [-0.2, 0) is 9.31 Å². The summed E-state index contributed by atoms with van der Waals surface area (Å²) in [5.41, 5.74) is -0.603. The molecule has 0 aromatic carbocycles.